The number of nitrogens with zero attached hydrogens (tertiary/aromatic N) is 2. The predicted octanol–water partition coefficient (Wildman–Crippen LogP) is 3.10. The molecular formula is C18H22BrN3O2. The topological polar surface area (TPSA) is 64.0 Å². The number of aromatic nitrogens is 2. The van der Waals surface area contributed by atoms with Crippen LogP contribution in [0.2, 0.25) is 0 Å². The molecule has 24 heavy (non-hydrogen) atoms. The summed E-state index contributed by atoms with van der Waals surface area (Å²) >= 11 is 3.36. The molecule has 0 saturated heterocycles. The zero-order valence-corrected chi connectivity index (χ0v) is 15.5. The molecule has 1 aliphatic rings. The van der Waals surface area contributed by atoms with Crippen molar-refractivity contribution in [3.63, 3.8) is 0 Å². The van der Waals surface area contributed by atoms with Crippen LogP contribution >= 0.6 is 15.9 Å². The predicted molar refractivity (Wildman–Crippen MR) is 97.8 cm³/mol. The van der Waals surface area contributed by atoms with Gasteiger partial charge in [-0.25, -0.2) is 4.98 Å². The van der Waals surface area contributed by atoms with Crippen molar-refractivity contribution in [3.05, 3.63) is 39.4 Å². The third-order valence-electron chi connectivity index (χ3n) is 5.15. The van der Waals surface area contributed by atoms with Crippen molar-refractivity contribution in [3.8, 4) is 0 Å². The minimum absolute atomic E-state index is 0.00584. The number of rotatable bonds is 3. The number of amides is 1. The van der Waals surface area contributed by atoms with Crippen molar-refractivity contribution in [1.82, 2.24) is 14.9 Å². The van der Waals surface area contributed by atoms with Gasteiger partial charge in [-0.15, -0.1) is 0 Å². The molecule has 0 spiro atoms. The Bertz CT molecular complexity index is 818. The average molecular weight is 392 g/mol. The van der Waals surface area contributed by atoms with Crippen LogP contribution in [0.4, 0.5) is 0 Å². The highest BCUT2D eigenvalue weighted by atomic mass is 79.9. The van der Waals surface area contributed by atoms with Gasteiger partial charge in [-0.3, -0.25) is 14.2 Å². The number of hydrogen-bond acceptors (Lipinski definition) is 3. The summed E-state index contributed by atoms with van der Waals surface area (Å²) in [7, 11) is 0. The molecule has 3 atom stereocenters. The second kappa shape index (κ2) is 7.05. The number of carbonyl (C=O) groups is 1. The maximum Gasteiger partial charge on any atom is 0.261 e. The van der Waals surface area contributed by atoms with E-state index in [0.717, 1.165) is 17.3 Å². The van der Waals surface area contributed by atoms with E-state index in [-0.39, 0.29) is 24.1 Å². The number of hydrogen-bond donors (Lipinski definition) is 1. The third kappa shape index (κ3) is 3.53. The van der Waals surface area contributed by atoms with E-state index in [1.54, 1.807) is 12.1 Å². The van der Waals surface area contributed by atoms with Gasteiger partial charge >= 0.3 is 0 Å². The SMILES string of the molecule is C[C@@H]1[C@@H](C)CCC[C@H]1NC(=O)Cn1cnc2ccc(Br)cc2c1=O. The first-order chi connectivity index (χ1) is 11.5. The summed E-state index contributed by atoms with van der Waals surface area (Å²) in [5, 5.41) is 3.61. The Morgan fingerprint density at radius 2 is 2.17 bits per heavy atom. The van der Waals surface area contributed by atoms with Crippen LogP contribution in [0.15, 0.2) is 33.8 Å². The van der Waals surface area contributed by atoms with E-state index in [4.69, 9.17) is 0 Å². The van der Waals surface area contributed by atoms with Crippen LogP contribution in [0.5, 0.6) is 0 Å². The van der Waals surface area contributed by atoms with Gasteiger partial charge in [0.15, 0.2) is 0 Å². The van der Waals surface area contributed by atoms with Gasteiger partial charge in [0, 0.05) is 10.5 Å². The average Bonchev–Trinajstić information content (AvgIpc) is 2.55. The lowest BCUT2D eigenvalue weighted by atomic mass is 9.78. The molecule has 1 aromatic heterocycles. The largest absolute Gasteiger partial charge is 0.352 e. The molecule has 1 heterocycles. The molecule has 5 nitrogen and oxygen atoms in total. The Kier molecular flexibility index (Phi) is 5.04. The number of halogens is 1. The number of carbonyl (C=O) groups excluding carboxylic acids is 1. The summed E-state index contributed by atoms with van der Waals surface area (Å²) in [4.78, 5) is 29.2. The Labute approximate surface area is 149 Å². The first-order valence-electron chi connectivity index (χ1n) is 8.40. The second-order valence-corrected chi connectivity index (χ2v) is 7.70. The van der Waals surface area contributed by atoms with E-state index < -0.39 is 0 Å². The van der Waals surface area contributed by atoms with Gasteiger partial charge in [-0.05, 0) is 36.5 Å². The van der Waals surface area contributed by atoms with Crippen LogP contribution in [0.3, 0.4) is 0 Å². The molecule has 0 aliphatic heterocycles. The Hall–Kier alpha value is -1.69. The molecule has 1 fully saturated rings. The molecule has 1 amide bonds. The summed E-state index contributed by atoms with van der Waals surface area (Å²) < 4.78 is 2.20. The maximum absolute atomic E-state index is 12.5. The van der Waals surface area contributed by atoms with Gasteiger partial charge in [0.05, 0.1) is 17.2 Å². The minimum Gasteiger partial charge on any atom is -0.352 e. The molecule has 1 saturated carbocycles. The van der Waals surface area contributed by atoms with Crippen molar-refractivity contribution < 1.29 is 4.79 Å². The fourth-order valence-corrected chi connectivity index (χ4v) is 3.80. The molecular weight excluding hydrogens is 370 g/mol. The van der Waals surface area contributed by atoms with Crippen LogP contribution in [0.1, 0.15) is 33.1 Å². The van der Waals surface area contributed by atoms with E-state index in [0.29, 0.717) is 22.7 Å². The van der Waals surface area contributed by atoms with Crippen LogP contribution in [-0.4, -0.2) is 21.5 Å². The standard InChI is InChI=1S/C18H22BrN3O2/c1-11-4-3-5-15(12(11)2)21-17(23)9-22-10-20-16-7-6-13(19)8-14(16)18(22)24/h6-8,10-12,15H,3-5,9H2,1-2H3,(H,21,23)/t11-,12+,15+/m0/s1. The Morgan fingerprint density at radius 1 is 1.38 bits per heavy atom. The molecule has 0 bridgehead atoms. The second-order valence-electron chi connectivity index (χ2n) is 6.78. The Balaban J connectivity index is 1.76. The zero-order chi connectivity index (χ0) is 17.3. The normalized spacial score (nSPS) is 24.0. The summed E-state index contributed by atoms with van der Waals surface area (Å²) in [6.07, 6.45) is 4.82. The van der Waals surface area contributed by atoms with E-state index in [1.807, 2.05) is 6.07 Å². The molecule has 1 aliphatic carbocycles. The molecule has 1 N–H and O–H groups in total. The van der Waals surface area contributed by atoms with Crippen molar-refractivity contribution in [2.45, 2.75) is 45.7 Å². The van der Waals surface area contributed by atoms with E-state index >= 15 is 0 Å². The molecule has 6 heteroatoms. The zero-order valence-electron chi connectivity index (χ0n) is 14.0. The lowest BCUT2D eigenvalue weighted by Gasteiger charge is -2.34. The van der Waals surface area contributed by atoms with Gasteiger partial charge in [-0.1, -0.05) is 42.6 Å². The lowest BCUT2D eigenvalue weighted by molar-refractivity contribution is -0.123. The smallest absolute Gasteiger partial charge is 0.261 e. The number of benzene rings is 1. The fourth-order valence-electron chi connectivity index (χ4n) is 3.44. The molecule has 0 radical (unpaired) electrons. The summed E-state index contributed by atoms with van der Waals surface area (Å²) in [6.45, 7) is 4.43. The number of fused-ring (bicyclic) bond motifs is 1. The highest BCUT2D eigenvalue weighted by Gasteiger charge is 2.28. The lowest BCUT2D eigenvalue weighted by Crippen LogP contribution is -2.45. The van der Waals surface area contributed by atoms with Crippen LogP contribution < -0.4 is 10.9 Å². The highest BCUT2D eigenvalue weighted by molar-refractivity contribution is 9.10. The van der Waals surface area contributed by atoms with Gasteiger partial charge < -0.3 is 5.32 Å². The molecule has 0 unspecified atom stereocenters. The minimum atomic E-state index is -0.193. The molecule has 128 valence electrons. The maximum atomic E-state index is 12.5. The first kappa shape index (κ1) is 17.1. The van der Waals surface area contributed by atoms with Crippen molar-refractivity contribution >= 4 is 32.7 Å². The van der Waals surface area contributed by atoms with Gasteiger partial charge in [0.2, 0.25) is 5.91 Å². The Morgan fingerprint density at radius 3 is 2.96 bits per heavy atom. The number of nitrogens with one attached hydrogen (secondary N) is 1. The van der Waals surface area contributed by atoms with Crippen LogP contribution in [0, 0.1) is 11.8 Å². The van der Waals surface area contributed by atoms with Crippen LogP contribution in [0.25, 0.3) is 10.9 Å². The third-order valence-corrected chi connectivity index (χ3v) is 5.65. The van der Waals surface area contributed by atoms with Crippen LogP contribution in [-0.2, 0) is 11.3 Å². The molecule has 3 rings (SSSR count). The summed E-state index contributed by atoms with van der Waals surface area (Å²) in [5.41, 5.74) is 0.441. The van der Waals surface area contributed by atoms with E-state index in [2.05, 4.69) is 40.1 Å². The quantitative estimate of drug-likeness (QED) is 0.873. The van der Waals surface area contributed by atoms with Gasteiger partial charge in [-0.2, -0.15) is 0 Å². The molecule has 1 aromatic carbocycles. The highest BCUT2D eigenvalue weighted by Crippen LogP contribution is 2.29. The van der Waals surface area contributed by atoms with E-state index in [9.17, 15) is 9.59 Å². The van der Waals surface area contributed by atoms with Gasteiger partial charge in [0.25, 0.3) is 5.56 Å². The summed E-state index contributed by atoms with van der Waals surface area (Å²) in [6, 6.07) is 5.57. The fraction of sp³-hybridized carbons (Fsp3) is 0.500. The monoisotopic (exact) mass is 391 g/mol. The molecule has 2 aromatic rings. The van der Waals surface area contributed by atoms with Gasteiger partial charge in [0.1, 0.15) is 6.54 Å². The van der Waals surface area contributed by atoms with Crippen molar-refractivity contribution in [1.29, 1.82) is 0 Å². The first-order valence-corrected chi connectivity index (χ1v) is 9.19. The van der Waals surface area contributed by atoms with E-state index in [1.165, 1.54) is 17.3 Å². The van der Waals surface area contributed by atoms with Crippen molar-refractivity contribution in [2.75, 3.05) is 0 Å². The van der Waals surface area contributed by atoms with Crippen molar-refractivity contribution in [2.24, 2.45) is 11.8 Å². The summed E-state index contributed by atoms with van der Waals surface area (Å²) in [5.74, 6) is 0.954.